The number of rotatable bonds is 4. The van der Waals surface area contributed by atoms with Crippen LogP contribution < -0.4 is 5.32 Å². The van der Waals surface area contributed by atoms with Crippen molar-refractivity contribution in [3.8, 4) is 0 Å². The van der Waals surface area contributed by atoms with Gasteiger partial charge in [-0.2, -0.15) is 0 Å². The number of benzene rings is 2. The van der Waals surface area contributed by atoms with E-state index in [0.717, 1.165) is 10.9 Å². The van der Waals surface area contributed by atoms with E-state index < -0.39 is 5.97 Å². The number of hydrogen-bond acceptors (Lipinski definition) is 2. The Morgan fingerprint density at radius 3 is 2.35 bits per heavy atom. The first kappa shape index (κ1) is 14.3. The molecule has 4 nitrogen and oxygen atoms in total. The number of carboxylic acids is 1. The maximum atomic E-state index is 12.0. The number of alkyl halides is 1. The lowest BCUT2D eigenvalue weighted by atomic mass is 10.1. The normalized spacial score (nSPS) is 10.1. The van der Waals surface area contributed by atoms with Gasteiger partial charge in [0.1, 0.15) is 0 Å². The van der Waals surface area contributed by atoms with E-state index in [0.29, 0.717) is 11.3 Å². The van der Waals surface area contributed by atoms with Crippen molar-refractivity contribution in [1.82, 2.24) is 0 Å². The molecule has 0 saturated heterocycles. The Morgan fingerprint density at radius 1 is 1.05 bits per heavy atom. The molecule has 0 aliphatic heterocycles. The summed E-state index contributed by atoms with van der Waals surface area (Å²) in [7, 11) is 0. The molecule has 2 aromatic carbocycles. The number of anilines is 1. The molecule has 2 aromatic rings. The van der Waals surface area contributed by atoms with E-state index in [1.165, 1.54) is 12.1 Å². The SMILES string of the molecule is O=C(O)c1cccc(NC(=O)c2ccc(CBr)cc2)c1. The second kappa shape index (κ2) is 6.34. The summed E-state index contributed by atoms with van der Waals surface area (Å²) in [6.45, 7) is 0. The zero-order valence-electron chi connectivity index (χ0n) is 10.5. The second-order valence-electron chi connectivity index (χ2n) is 4.17. The summed E-state index contributed by atoms with van der Waals surface area (Å²) in [4.78, 5) is 22.9. The van der Waals surface area contributed by atoms with Crippen LogP contribution in [0.25, 0.3) is 0 Å². The fourth-order valence-corrected chi connectivity index (χ4v) is 2.05. The van der Waals surface area contributed by atoms with E-state index in [1.54, 1.807) is 24.3 Å². The molecule has 2 N–H and O–H groups in total. The average molecular weight is 334 g/mol. The largest absolute Gasteiger partial charge is 0.478 e. The number of carbonyl (C=O) groups excluding carboxylic acids is 1. The predicted molar refractivity (Wildman–Crippen MR) is 80.4 cm³/mol. The van der Waals surface area contributed by atoms with Crippen LogP contribution in [0.4, 0.5) is 5.69 Å². The van der Waals surface area contributed by atoms with Gasteiger partial charge in [-0.3, -0.25) is 4.79 Å². The minimum atomic E-state index is -1.03. The van der Waals surface area contributed by atoms with Gasteiger partial charge in [0.2, 0.25) is 0 Å². The van der Waals surface area contributed by atoms with Gasteiger partial charge in [0, 0.05) is 16.6 Å². The summed E-state index contributed by atoms with van der Waals surface area (Å²) in [5.41, 5.74) is 2.20. The number of carbonyl (C=O) groups is 2. The molecule has 0 aliphatic rings. The fraction of sp³-hybridized carbons (Fsp3) is 0.0667. The summed E-state index contributed by atoms with van der Waals surface area (Å²) >= 11 is 3.34. The lowest BCUT2D eigenvalue weighted by Gasteiger charge is -2.06. The molecule has 0 spiro atoms. The van der Waals surface area contributed by atoms with Crippen LogP contribution >= 0.6 is 15.9 Å². The third-order valence-corrected chi connectivity index (χ3v) is 3.39. The molecule has 0 radical (unpaired) electrons. The van der Waals surface area contributed by atoms with Gasteiger partial charge in [-0.1, -0.05) is 34.1 Å². The van der Waals surface area contributed by atoms with Crippen LogP contribution in [0, 0.1) is 0 Å². The van der Waals surface area contributed by atoms with E-state index >= 15 is 0 Å². The summed E-state index contributed by atoms with van der Waals surface area (Å²) in [6, 6.07) is 13.3. The highest BCUT2D eigenvalue weighted by atomic mass is 79.9. The Morgan fingerprint density at radius 2 is 1.75 bits per heavy atom. The Kier molecular flexibility index (Phi) is 4.53. The molecule has 0 fully saturated rings. The van der Waals surface area contributed by atoms with Crippen LogP contribution in [-0.2, 0) is 5.33 Å². The van der Waals surface area contributed by atoms with E-state index in [-0.39, 0.29) is 11.5 Å². The Balaban J connectivity index is 2.14. The van der Waals surface area contributed by atoms with Gasteiger partial charge < -0.3 is 10.4 Å². The van der Waals surface area contributed by atoms with Crippen LogP contribution in [0.3, 0.4) is 0 Å². The summed E-state index contributed by atoms with van der Waals surface area (Å²) in [6.07, 6.45) is 0. The quantitative estimate of drug-likeness (QED) is 0.841. The van der Waals surface area contributed by atoms with Crippen molar-refractivity contribution in [2.75, 3.05) is 5.32 Å². The highest BCUT2D eigenvalue weighted by Crippen LogP contribution is 2.13. The molecule has 2 rings (SSSR count). The first-order valence-electron chi connectivity index (χ1n) is 5.90. The van der Waals surface area contributed by atoms with Crippen LogP contribution in [0.2, 0.25) is 0 Å². The minimum absolute atomic E-state index is 0.137. The fourth-order valence-electron chi connectivity index (χ4n) is 1.68. The maximum Gasteiger partial charge on any atom is 0.335 e. The van der Waals surface area contributed by atoms with Crippen molar-refractivity contribution in [3.05, 3.63) is 65.2 Å². The standard InChI is InChI=1S/C15H12BrNO3/c16-9-10-4-6-11(7-5-10)14(18)17-13-3-1-2-12(8-13)15(19)20/h1-8H,9H2,(H,17,18)(H,19,20). The van der Waals surface area contributed by atoms with Gasteiger partial charge in [-0.15, -0.1) is 0 Å². The smallest absolute Gasteiger partial charge is 0.335 e. The van der Waals surface area contributed by atoms with E-state index in [4.69, 9.17) is 5.11 Å². The molecular formula is C15H12BrNO3. The summed E-state index contributed by atoms with van der Waals surface area (Å²) < 4.78 is 0. The molecule has 0 unspecified atom stereocenters. The monoisotopic (exact) mass is 333 g/mol. The third-order valence-electron chi connectivity index (χ3n) is 2.74. The predicted octanol–water partition coefficient (Wildman–Crippen LogP) is 3.53. The molecule has 20 heavy (non-hydrogen) atoms. The van der Waals surface area contributed by atoms with Gasteiger partial charge in [0.05, 0.1) is 5.56 Å². The van der Waals surface area contributed by atoms with Crippen molar-refractivity contribution < 1.29 is 14.7 Å². The topological polar surface area (TPSA) is 66.4 Å². The highest BCUT2D eigenvalue weighted by Gasteiger charge is 2.08. The lowest BCUT2D eigenvalue weighted by Crippen LogP contribution is -2.12. The first-order valence-corrected chi connectivity index (χ1v) is 7.02. The highest BCUT2D eigenvalue weighted by molar-refractivity contribution is 9.08. The second-order valence-corrected chi connectivity index (χ2v) is 4.73. The molecular weight excluding hydrogens is 322 g/mol. The van der Waals surface area contributed by atoms with Crippen molar-refractivity contribution in [1.29, 1.82) is 0 Å². The van der Waals surface area contributed by atoms with Crippen LogP contribution in [0.15, 0.2) is 48.5 Å². The maximum absolute atomic E-state index is 12.0. The van der Waals surface area contributed by atoms with Crippen molar-refractivity contribution in [2.24, 2.45) is 0 Å². The molecule has 5 heteroatoms. The van der Waals surface area contributed by atoms with Gasteiger partial charge in [0.25, 0.3) is 5.91 Å². The van der Waals surface area contributed by atoms with Crippen LogP contribution in [0.5, 0.6) is 0 Å². The number of nitrogens with one attached hydrogen (secondary N) is 1. The Hall–Kier alpha value is -2.14. The molecule has 0 aliphatic carbocycles. The first-order chi connectivity index (χ1) is 9.60. The van der Waals surface area contributed by atoms with Gasteiger partial charge in [-0.25, -0.2) is 4.79 Å². The van der Waals surface area contributed by atoms with Crippen molar-refractivity contribution in [3.63, 3.8) is 0 Å². The Bertz CT molecular complexity index is 638. The minimum Gasteiger partial charge on any atom is -0.478 e. The number of hydrogen-bond donors (Lipinski definition) is 2. The molecule has 102 valence electrons. The molecule has 1 amide bonds. The van der Waals surface area contributed by atoms with Crippen LogP contribution in [-0.4, -0.2) is 17.0 Å². The van der Waals surface area contributed by atoms with Crippen LogP contribution in [0.1, 0.15) is 26.3 Å². The molecule has 0 heterocycles. The molecule has 0 aromatic heterocycles. The van der Waals surface area contributed by atoms with Gasteiger partial charge in [0.15, 0.2) is 0 Å². The van der Waals surface area contributed by atoms with Gasteiger partial charge in [-0.05, 0) is 35.9 Å². The molecule has 0 atom stereocenters. The number of amides is 1. The Labute approximate surface area is 124 Å². The molecule has 0 saturated carbocycles. The average Bonchev–Trinajstić information content (AvgIpc) is 2.47. The zero-order valence-corrected chi connectivity index (χ0v) is 12.1. The third kappa shape index (κ3) is 3.45. The number of halogens is 1. The van der Waals surface area contributed by atoms with Crippen molar-refractivity contribution in [2.45, 2.75) is 5.33 Å². The summed E-state index contributed by atoms with van der Waals surface area (Å²) in [5, 5.41) is 12.3. The molecule has 0 bridgehead atoms. The number of aromatic carboxylic acids is 1. The van der Waals surface area contributed by atoms with E-state index in [1.807, 2.05) is 12.1 Å². The van der Waals surface area contributed by atoms with Gasteiger partial charge >= 0.3 is 5.97 Å². The zero-order chi connectivity index (χ0) is 14.5. The number of carboxylic acid groups (broad SMARTS) is 1. The van der Waals surface area contributed by atoms with E-state index in [9.17, 15) is 9.59 Å². The lowest BCUT2D eigenvalue weighted by molar-refractivity contribution is 0.0696. The van der Waals surface area contributed by atoms with Crippen molar-refractivity contribution >= 4 is 33.5 Å². The van der Waals surface area contributed by atoms with E-state index in [2.05, 4.69) is 21.2 Å². The summed E-state index contributed by atoms with van der Waals surface area (Å²) in [5.74, 6) is -1.29.